The van der Waals surface area contributed by atoms with Crippen LogP contribution in [0.3, 0.4) is 0 Å². The highest BCUT2D eigenvalue weighted by atomic mass is 19.1. The molecule has 0 bridgehead atoms. The van der Waals surface area contributed by atoms with Gasteiger partial charge in [-0.15, -0.1) is 0 Å². The van der Waals surface area contributed by atoms with Gasteiger partial charge in [0.05, 0.1) is 24.1 Å². The van der Waals surface area contributed by atoms with Crippen LogP contribution >= 0.6 is 0 Å². The van der Waals surface area contributed by atoms with E-state index in [1.54, 1.807) is 24.5 Å². The first-order valence-electron chi connectivity index (χ1n) is 7.54. The minimum absolute atomic E-state index is 0.312. The van der Waals surface area contributed by atoms with Crippen molar-refractivity contribution in [2.75, 3.05) is 5.32 Å². The predicted molar refractivity (Wildman–Crippen MR) is 91.0 cm³/mol. The maximum atomic E-state index is 13.4. The fourth-order valence-electron chi connectivity index (χ4n) is 2.52. The molecule has 0 radical (unpaired) electrons. The largest absolute Gasteiger partial charge is 0.339 e. The van der Waals surface area contributed by atoms with E-state index >= 15 is 0 Å². The lowest BCUT2D eigenvalue weighted by atomic mass is 10.2. The number of hydrogen-bond donors (Lipinski definition) is 1. The molecule has 1 aliphatic rings. The summed E-state index contributed by atoms with van der Waals surface area (Å²) in [6.07, 6.45) is 5.30. The summed E-state index contributed by atoms with van der Waals surface area (Å²) in [6.45, 7) is 2.55. The summed E-state index contributed by atoms with van der Waals surface area (Å²) < 4.78 is 13.4. The van der Waals surface area contributed by atoms with Crippen molar-refractivity contribution in [3.63, 3.8) is 0 Å². The highest BCUT2D eigenvalue weighted by Gasteiger charge is 2.11. The lowest BCUT2D eigenvalue weighted by Crippen LogP contribution is -2.01. The number of pyridine rings is 1. The van der Waals surface area contributed by atoms with Crippen LogP contribution in [0.5, 0.6) is 0 Å². The number of aliphatic imine (C=N–C) groups is 1. The van der Waals surface area contributed by atoms with Crippen LogP contribution in [0.4, 0.5) is 15.9 Å². The Balaban J connectivity index is 1.68. The summed E-state index contributed by atoms with van der Waals surface area (Å²) >= 11 is 0. The summed E-state index contributed by atoms with van der Waals surface area (Å²) in [5.41, 5.74) is 4.34. The van der Waals surface area contributed by atoms with Gasteiger partial charge in [0.1, 0.15) is 11.6 Å². The highest BCUT2D eigenvalue weighted by molar-refractivity contribution is 5.85. The second-order valence-electron chi connectivity index (χ2n) is 5.59. The number of hydrogen-bond acceptors (Lipinski definition) is 5. The minimum Gasteiger partial charge on any atom is -0.339 e. The number of aromatic nitrogens is 3. The van der Waals surface area contributed by atoms with Gasteiger partial charge in [0.15, 0.2) is 5.82 Å². The smallest absolute Gasteiger partial charge is 0.161 e. The van der Waals surface area contributed by atoms with E-state index in [-0.39, 0.29) is 5.82 Å². The molecule has 1 aromatic carbocycles. The van der Waals surface area contributed by atoms with E-state index in [0.717, 1.165) is 22.5 Å². The van der Waals surface area contributed by atoms with Crippen LogP contribution in [0.2, 0.25) is 0 Å². The Bertz CT molecular complexity index is 952. The molecule has 0 saturated heterocycles. The van der Waals surface area contributed by atoms with Gasteiger partial charge in [-0.1, -0.05) is 12.1 Å². The summed E-state index contributed by atoms with van der Waals surface area (Å²) in [7, 11) is 0. The maximum absolute atomic E-state index is 13.4. The molecule has 0 spiro atoms. The van der Waals surface area contributed by atoms with E-state index < -0.39 is 0 Å². The van der Waals surface area contributed by atoms with Gasteiger partial charge in [-0.2, -0.15) is 0 Å². The molecule has 4 rings (SSSR count). The Morgan fingerprint density at radius 3 is 2.92 bits per heavy atom. The topological polar surface area (TPSA) is 63.1 Å². The molecule has 6 heteroatoms. The third-order valence-electron chi connectivity index (χ3n) is 3.79. The van der Waals surface area contributed by atoms with Crippen molar-refractivity contribution in [2.45, 2.75) is 13.5 Å². The number of nitrogens with zero attached hydrogens (tertiary/aromatic N) is 4. The van der Waals surface area contributed by atoms with Crippen LogP contribution < -0.4 is 5.32 Å². The number of aryl methyl sites for hydroxylation is 1. The van der Waals surface area contributed by atoms with Crippen molar-refractivity contribution in [1.29, 1.82) is 0 Å². The van der Waals surface area contributed by atoms with Gasteiger partial charge in [0.2, 0.25) is 0 Å². The molecule has 0 unspecified atom stereocenters. The first-order chi connectivity index (χ1) is 11.7. The molecule has 2 aromatic heterocycles. The van der Waals surface area contributed by atoms with Crippen molar-refractivity contribution in [1.82, 2.24) is 15.0 Å². The quantitative estimate of drug-likeness (QED) is 0.800. The standard InChI is InChI=1S/C18H14FN5/c1-11-7-22-18(12-3-2-4-14(19)5-12)24-17(11)23-15-6-13-8-20-10-16(13)21-9-15/h2-9H,10H2,1H3,(H,22,23,24). The Labute approximate surface area is 138 Å². The molecule has 0 saturated carbocycles. The van der Waals surface area contributed by atoms with Gasteiger partial charge in [-0.05, 0) is 25.1 Å². The molecular formula is C18H14FN5. The van der Waals surface area contributed by atoms with E-state index in [4.69, 9.17) is 0 Å². The zero-order chi connectivity index (χ0) is 16.5. The third-order valence-corrected chi connectivity index (χ3v) is 3.79. The molecule has 0 fully saturated rings. The zero-order valence-electron chi connectivity index (χ0n) is 13.0. The number of rotatable bonds is 3. The summed E-state index contributed by atoms with van der Waals surface area (Å²) in [5, 5.41) is 3.26. The predicted octanol–water partition coefficient (Wildman–Crippen LogP) is 3.66. The van der Waals surface area contributed by atoms with Crippen LogP contribution in [-0.4, -0.2) is 21.2 Å². The maximum Gasteiger partial charge on any atom is 0.161 e. The van der Waals surface area contributed by atoms with Gasteiger partial charge in [0, 0.05) is 29.1 Å². The van der Waals surface area contributed by atoms with Crippen molar-refractivity contribution in [3.8, 4) is 11.4 Å². The normalized spacial score (nSPS) is 12.2. The second-order valence-corrected chi connectivity index (χ2v) is 5.59. The fourth-order valence-corrected chi connectivity index (χ4v) is 2.52. The first-order valence-corrected chi connectivity index (χ1v) is 7.54. The molecule has 0 atom stereocenters. The number of nitrogens with one attached hydrogen (secondary N) is 1. The molecule has 0 amide bonds. The number of fused-ring (bicyclic) bond motifs is 1. The van der Waals surface area contributed by atoms with E-state index in [2.05, 4.69) is 25.3 Å². The Kier molecular flexibility index (Phi) is 3.49. The molecule has 3 aromatic rings. The van der Waals surface area contributed by atoms with Gasteiger partial charge < -0.3 is 5.32 Å². The van der Waals surface area contributed by atoms with Gasteiger partial charge in [0.25, 0.3) is 0 Å². The van der Waals surface area contributed by atoms with Crippen molar-refractivity contribution < 1.29 is 4.39 Å². The third kappa shape index (κ3) is 2.74. The summed E-state index contributed by atoms with van der Waals surface area (Å²) in [5.74, 6) is 0.826. The molecule has 0 aliphatic carbocycles. The van der Waals surface area contributed by atoms with E-state index in [1.807, 2.05) is 19.2 Å². The summed E-state index contributed by atoms with van der Waals surface area (Å²) in [6, 6.07) is 8.23. The second kappa shape index (κ2) is 5.81. The van der Waals surface area contributed by atoms with E-state index in [0.29, 0.717) is 23.8 Å². The first kappa shape index (κ1) is 14.4. The molecule has 118 valence electrons. The van der Waals surface area contributed by atoms with Crippen LogP contribution in [0.1, 0.15) is 16.8 Å². The zero-order valence-corrected chi connectivity index (χ0v) is 13.0. The lowest BCUT2D eigenvalue weighted by molar-refractivity contribution is 0.628. The molecule has 1 aliphatic heterocycles. The fraction of sp³-hybridized carbons (Fsp3) is 0.111. The lowest BCUT2D eigenvalue weighted by Gasteiger charge is -2.10. The minimum atomic E-state index is -0.312. The van der Waals surface area contributed by atoms with Crippen LogP contribution in [0.15, 0.2) is 47.7 Å². The SMILES string of the molecule is Cc1cnc(-c2cccc(F)c2)nc1Nc1cnc2c(c1)C=NC2. The number of anilines is 2. The van der Waals surface area contributed by atoms with Gasteiger partial charge in [-0.3, -0.25) is 9.98 Å². The van der Waals surface area contributed by atoms with Crippen LogP contribution in [0.25, 0.3) is 11.4 Å². The van der Waals surface area contributed by atoms with E-state index in [9.17, 15) is 4.39 Å². The van der Waals surface area contributed by atoms with Crippen molar-refractivity contribution in [3.05, 3.63) is 65.4 Å². The van der Waals surface area contributed by atoms with Crippen LogP contribution in [-0.2, 0) is 6.54 Å². The number of benzene rings is 1. The van der Waals surface area contributed by atoms with E-state index in [1.165, 1.54) is 12.1 Å². The molecule has 1 N–H and O–H groups in total. The average Bonchev–Trinajstić information content (AvgIpc) is 3.04. The Hall–Kier alpha value is -3.15. The molecule has 24 heavy (non-hydrogen) atoms. The average molecular weight is 319 g/mol. The highest BCUT2D eigenvalue weighted by Crippen LogP contribution is 2.24. The Morgan fingerprint density at radius 1 is 1.12 bits per heavy atom. The Morgan fingerprint density at radius 2 is 2.04 bits per heavy atom. The van der Waals surface area contributed by atoms with Crippen molar-refractivity contribution >= 4 is 17.7 Å². The molecule has 5 nitrogen and oxygen atoms in total. The molecular weight excluding hydrogens is 305 g/mol. The van der Waals surface area contributed by atoms with Crippen molar-refractivity contribution in [2.24, 2.45) is 4.99 Å². The van der Waals surface area contributed by atoms with Crippen LogP contribution in [0, 0.1) is 12.7 Å². The van der Waals surface area contributed by atoms with Gasteiger partial charge in [-0.25, -0.2) is 14.4 Å². The van der Waals surface area contributed by atoms with Gasteiger partial charge >= 0.3 is 0 Å². The summed E-state index contributed by atoms with van der Waals surface area (Å²) in [4.78, 5) is 17.4. The molecule has 3 heterocycles. The number of halogens is 1. The monoisotopic (exact) mass is 319 g/mol.